The van der Waals surface area contributed by atoms with Crippen molar-refractivity contribution < 1.29 is 4.79 Å². The molecule has 0 radical (unpaired) electrons. The van der Waals surface area contributed by atoms with Gasteiger partial charge in [-0.2, -0.15) is 0 Å². The van der Waals surface area contributed by atoms with Crippen molar-refractivity contribution in [2.24, 2.45) is 0 Å². The van der Waals surface area contributed by atoms with Crippen molar-refractivity contribution in [3.63, 3.8) is 0 Å². The van der Waals surface area contributed by atoms with Crippen LogP contribution >= 0.6 is 0 Å². The lowest BCUT2D eigenvalue weighted by atomic mass is 9.88. The van der Waals surface area contributed by atoms with Crippen molar-refractivity contribution in [3.8, 4) is 0 Å². The standard InChI is InChI=1S/C35H22O/c36-29(19-27-13-11-25-9-7-21-3-1-5-23-15-17-30(27)34(25)32(21)23)20-28-14-12-26-10-8-22-4-2-6-24-16-18-31(28)35(26)33(22)24/h1-18H,19-20H2. The molecular formula is C35H22O. The summed E-state index contributed by atoms with van der Waals surface area (Å²) in [5.74, 6) is 0.250. The van der Waals surface area contributed by atoms with Gasteiger partial charge in [0.05, 0.1) is 0 Å². The monoisotopic (exact) mass is 458 g/mol. The molecular weight excluding hydrogens is 436 g/mol. The predicted octanol–water partition coefficient (Wildman–Crippen LogP) is 8.84. The molecule has 0 spiro atoms. The van der Waals surface area contributed by atoms with Gasteiger partial charge >= 0.3 is 0 Å². The largest absolute Gasteiger partial charge is 0.299 e. The summed E-state index contributed by atoms with van der Waals surface area (Å²) in [6, 6.07) is 39.1. The van der Waals surface area contributed by atoms with Crippen LogP contribution < -0.4 is 0 Å². The Hall–Kier alpha value is -4.49. The van der Waals surface area contributed by atoms with E-state index in [9.17, 15) is 4.79 Å². The highest BCUT2D eigenvalue weighted by Crippen LogP contribution is 2.38. The molecule has 1 nitrogen and oxygen atoms in total. The number of hydrogen-bond acceptors (Lipinski definition) is 1. The Morgan fingerprint density at radius 1 is 0.389 bits per heavy atom. The Morgan fingerprint density at radius 2 is 0.722 bits per heavy atom. The first-order valence-electron chi connectivity index (χ1n) is 12.6. The molecule has 36 heavy (non-hydrogen) atoms. The summed E-state index contributed by atoms with van der Waals surface area (Å²) in [6.07, 6.45) is 0.881. The van der Waals surface area contributed by atoms with Crippen LogP contribution in [-0.2, 0) is 17.6 Å². The highest BCUT2D eigenvalue weighted by molar-refractivity contribution is 6.25. The van der Waals surface area contributed by atoms with Crippen molar-refractivity contribution in [1.82, 2.24) is 0 Å². The quantitative estimate of drug-likeness (QED) is 0.241. The van der Waals surface area contributed by atoms with Gasteiger partial charge in [0.25, 0.3) is 0 Å². The van der Waals surface area contributed by atoms with E-state index in [4.69, 9.17) is 0 Å². The lowest BCUT2D eigenvalue weighted by molar-refractivity contribution is -0.117. The highest BCUT2D eigenvalue weighted by atomic mass is 16.1. The van der Waals surface area contributed by atoms with Gasteiger partial charge in [-0.3, -0.25) is 4.79 Å². The average Bonchev–Trinajstić information content (AvgIpc) is 2.92. The van der Waals surface area contributed by atoms with Crippen LogP contribution in [0.1, 0.15) is 11.1 Å². The van der Waals surface area contributed by atoms with E-state index in [0.717, 1.165) is 11.1 Å². The van der Waals surface area contributed by atoms with Gasteiger partial charge < -0.3 is 0 Å². The average molecular weight is 459 g/mol. The highest BCUT2D eigenvalue weighted by Gasteiger charge is 2.16. The van der Waals surface area contributed by atoms with Crippen molar-refractivity contribution >= 4 is 70.4 Å². The van der Waals surface area contributed by atoms with E-state index in [1.54, 1.807) is 0 Å². The second-order valence-electron chi connectivity index (χ2n) is 10.1. The van der Waals surface area contributed by atoms with Crippen LogP contribution in [-0.4, -0.2) is 5.78 Å². The Kier molecular flexibility index (Phi) is 3.99. The van der Waals surface area contributed by atoms with Gasteiger partial charge in [-0.05, 0) is 75.8 Å². The molecule has 0 bridgehead atoms. The normalized spacial score (nSPS) is 12.2. The Bertz CT molecular complexity index is 1930. The molecule has 0 aliphatic heterocycles. The molecule has 0 aliphatic carbocycles. The van der Waals surface area contributed by atoms with Gasteiger partial charge in [-0.25, -0.2) is 0 Å². The van der Waals surface area contributed by atoms with Crippen LogP contribution in [0.15, 0.2) is 109 Å². The molecule has 0 fully saturated rings. The first kappa shape index (κ1) is 19.8. The van der Waals surface area contributed by atoms with Gasteiger partial charge in [0.2, 0.25) is 0 Å². The number of rotatable bonds is 4. The van der Waals surface area contributed by atoms with Gasteiger partial charge in [-0.15, -0.1) is 0 Å². The third-order valence-electron chi connectivity index (χ3n) is 8.01. The first-order chi connectivity index (χ1) is 17.7. The fourth-order valence-electron chi connectivity index (χ4n) is 6.39. The molecule has 0 amide bonds. The summed E-state index contributed by atoms with van der Waals surface area (Å²) in [5, 5.41) is 15.0. The van der Waals surface area contributed by atoms with Crippen molar-refractivity contribution in [1.29, 1.82) is 0 Å². The molecule has 0 atom stereocenters. The first-order valence-corrected chi connectivity index (χ1v) is 12.6. The van der Waals surface area contributed by atoms with Crippen molar-refractivity contribution in [2.75, 3.05) is 0 Å². The number of carbonyl (C=O) groups is 1. The van der Waals surface area contributed by atoms with Crippen LogP contribution in [0.4, 0.5) is 0 Å². The molecule has 0 aliphatic rings. The molecule has 0 N–H and O–H groups in total. The van der Waals surface area contributed by atoms with Crippen LogP contribution in [0, 0.1) is 0 Å². The zero-order chi connectivity index (χ0) is 23.8. The number of Topliss-reactive ketones (excluding diaryl/α,β-unsaturated/α-hetero) is 1. The summed E-state index contributed by atoms with van der Waals surface area (Å²) in [5.41, 5.74) is 2.23. The van der Waals surface area contributed by atoms with Crippen LogP contribution in [0.3, 0.4) is 0 Å². The maximum atomic E-state index is 13.5. The number of benzene rings is 8. The SMILES string of the molecule is O=C(Cc1ccc2ccc3cccc4ccc1c2c34)Cc1ccc2ccc3cccc4ccc1c2c34. The number of carbonyl (C=O) groups excluding carboxylic acids is 1. The summed E-state index contributed by atoms with van der Waals surface area (Å²) < 4.78 is 0. The maximum Gasteiger partial charge on any atom is 0.141 e. The second-order valence-corrected chi connectivity index (χ2v) is 10.1. The van der Waals surface area contributed by atoms with Crippen molar-refractivity contribution in [2.45, 2.75) is 12.8 Å². The topological polar surface area (TPSA) is 17.1 Å². The minimum atomic E-state index is 0.250. The molecule has 8 rings (SSSR count). The molecule has 0 unspecified atom stereocenters. The molecule has 0 saturated carbocycles. The summed E-state index contributed by atoms with van der Waals surface area (Å²) in [7, 11) is 0. The minimum Gasteiger partial charge on any atom is -0.299 e. The third kappa shape index (κ3) is 2.74. The lowest BCUT2D eigenvalue weighted by Gasteiger charge is -2.15. The van der Waals surface area contributed by atoms with E-state index < -0.39 is 0 Å². The van der Waals surface area contributed by atoms with E-state index in [-0.39, 0.29) is 5.78 Å². The van der Waals surface area contributed by atoms with Crippen molar-refractivity contribution in [3.05, 3.63) is 120 Å². The summed E-state index contributed by atoms with van der Waals surface area (Å²) in [4.78, 5) is 13.5. The zero-order valence-corrected chi connectivity index (χ0v) is 19.7. The fourth-order valence-corrected chi connectivity index (χ4v) is 6.39. The molecule has 0 aromatic heterocycles. The lowest BCUT2D eigenvalue weighted by Crippen LogP contribution is -2.07. The van der Waals surface area contributed by atoms with Gasteiger partial charge in [0, 0.05) is 12.8 Å². The van der Waals surface area contributed by atoms with Gasteiger partial charge in [0.15, 0.2) is 0 Å². The molecule has 1 heteroatoms. The summed E-state index contributed by atoms with van der Waals surface area (Å²) in [6.45, 7) is 0. The summed E-state index contributed by atoms with van der Waals surface area (Å²) >= 11 is 0. The Balaban J connectivity index is 1.22. The fraction of sp³-hybridized carbons (Fsp3) is 0.0571. The van der Waals surface area contributed by atoms with Gasteiger partial charge in [0.1, 0.15) is 5.78 Å². The van der Waals surface area contributed by atoms with Gasteiger partial charge in [-0.1, -0.05) is 109 Å². The van der Waals surface area contributed by atoms with Crippen LogP contribution in [0.25, 0.3) is 64.6 Å². The third-order valence-corrected chi connectivity index (χ3v) is 8.01. The Labute approximate surface area is 208 Å². The molecule has 0 saturated heterocycles. The second kappa shape index (κ2) is 7.26. The van der Waals surface area contributed by atoms with E-state index in [0.29, 0.717) is 12.8 Å². The minimum absolute atomic E-state index is 0.250. The van der Waals surface area contributed by atoms with E-state index >= 15 is 0 Å². The Morgan fingerprint density at radius 3 is 1.14 bits per heavy atom. The predicted molar refractivity (Wildman–Crippen MR) is 153 cm³/mol. The molecule has 8 aromatic carbocycles. The number of ketones is 1. The van der Waals surface area contributed by atoms with E-state index in [2.05, 4.69) is 109 Å². The van der Waals surface area contributed by atoms with E-state index in [1.807, 2.05) is 0 Å². The zero-order valence-electron chi connectivity index (χ0n) is 19.7. The molecule has 8 aromatic rings. The van der Waals surface area contributed by atoms with Crippen LogP contribution in [0.5, 0.6) is 0 Å². The molecule has 0 heterocycles. The molecule has 168 valence electrons. The smallest absolute Gasteiger partial charge is 0.141 e. The maximum absolute atomic E-state index is 13.5. The number of hydrogen-bond donors (Lipinski definition) is 0. The van der Waals surface area contributed by atoms with E-state index in [1.165, 1.54) is 64.6 Å². The van der Waals surface area contributed by atoms with Crippen LogP contribution in [0.2, 0.25) is 0 Å².